The highest BCUT2D eigenvalue weighted by Crippen LogP contribution is 2.48. The molecule has 0 spiro atoms. The number of hydroxylamine groups is 1. The number of hydrogen-bond donors (Lipinski definition) is 1. The van der Waals surface area contributed by atoms with Crippen LogP contribution >= 0.6 is 11.8 Å². The first-order valence-corrected chi connectivity index (χ1v) is 9.52. The van der Waals surface area contributed by atoms with Crippen molar-refractivity contribution in [2.75, 3.05) is 11.4 Å². The Labute approximate surface area is 157 Å². The van der Waals surface area contributed by atoms with Crippen LogP contribution in [0.1, 0.15) is 5.56 Å². The summed E-state index contributed by atoms with van der Waals surface area (Å²) < 4.78 is 0. The van der Waals surface area contributed by atoms with Gasteiger partial charge in [0.15, 0.2) is 0 Å². The van der Waals surface area contributed by atoms with Gasteiger partial charge in [0.25, 0.3) is 0 Å². The van der Waals surface area contributed by atoms with Crippen LogP contribution < -0.4 is 10.4 Å². The summed E-state index contributed by atoms with van der Waals surface area (Å²) in [5.41, 5.74) is 7.74. The number of rotatable bonds is 3. The van der Waals surface area contributed by atoms with Crippen molar-refractivity contribution in [2.24, 2.45) is 0 Å². The molecule has 0 aromatic heterocycles. The van der Waals surface area contributed by atoms with Crippen LogP contribution in [0.2, 0.25) is 0 Å². The number of fused-ring (bicyclic) bond motifs is 2. The lowest BCUT2D eigenvalue weighted by molar-refractivity contribution is 0.0566. The van der Waals surface area contributed by atoms with E-state index >= 15 is 0 Å². The Kier molecular flexibility index (Phi) is 3.92. The zero-order valence-corrected chi connectivity index (χ0v) is 14.9. The second-order valence-electron chi connectivity index (χ2n) is 6.35. The molecule has 2 aliphatic rings. The lowest BCUT2D eigenvalue weighted by atomic mass is 10.1. The minimum atomic E-state index is -0.0191. The maximum Gasteiger partial charge on any atom is 0.124 e. The van der Waals surface area contributed by atoms with Gasteiger partial charge in [-0.2, -0.15) is 0 Å². The molecule has 0 aliphatic carbocycles. The van der Waals surface area contributed by atoms with E-state index in [2.05, 4.69) is 77.1 Å². The Bertz CT molecular complexity index is 925. The van der Waals surface area contributed by atoms with Crippen LogP contribution in [0.25, 0.3) is 5.70 Å². The lowest BCUT2D eigenvalue weighted by Crippen LogP contribution is -2.30. The van der Waals surface area contributed by atoms with Crippen LogP contribution in [0.4, 0.5) is 11.4 Å². The van der Waals surface area contributed by atoms with E-state index in [1.165, 1.54) is 21.2 Å². The normalized spacial score (nSPS) is 17.9. The smallest absolute Gasteiger partial charge is 0.124 e. The summed E-state index contributed by atoms with van der Waals surface area (Å²) in [5.74, 6) is 0. The monoisotopic (exact) mass is 358 g/mol. The lowest BCUT2D eigenvalue weighted by Gasteiger charge is -2.33. The molecule has 5 rings (SSSR count). The van der Waals surface area contributed by atoms with Gasteiger partial charge >= 0.3 is 0 Å². The van der Waals surface area contributed by atoms with Crippen molar-refractivity contribution in [1.29, 1.82) is 0 Å². The van der Waals surface area contributed by atoms with Crippen molar-refractivity contribution >= 4 is 28.8 Å². The number of para-hydroxylation sites is 2. The van der Waals surface area contributed by atoms with Gasteiger partial charge in [-0.3, -0.25) is 10.3 Å². The second kappa shape index (κ2) is 6.56. The fourth-order valence-electron chi connectivity index (χ4n) is 3.41. The van der Waals surface area contributed by atoms with Gasteiger partial charge in [0, 0.05) is 9.79 Å². The first-order chi connectivity index (χ1) is 12.9. The van der Waals surface area contributed by atoms with E-state index in [1.807, 2.05) is 30.0 Å². The number of anilines is 2. The van der Waals surface area contributed by atoms with Crippen molar-refractivity contribution in [3.63, 3.8) is 0 Å². The predicted octanol–water partition coefficient (Wildman–Crippen LogP) is 5.23. The van der Waals surface area contributed by atoms with Gasteiger partial charge < -0.3 is 4.90 Å². The fraction of sp³-hybridized carbons (Fsp3) is 0.0909. The van der Waals surface area contributed by atoms with Crippen LogP contribution in [0, 0.1) is 0 Å². The Balaban J connectivity index is 1.47. The molecular weight excluding hydrogens is 340 g/mol. The average molecular weight is 358 g/mol. The Morgan fingerprint density at radius 2 is 1.42 bits per heavy atom. The van der Waals surface area contributed by atoms with Gasteiger partial charge in [0.2, 0.25) is 0 Å². The van der Waals surface area contributed by atoms with E-state index in [1.54, 1.807) is 0 Å². The molecule has 0 radical (unpaired) electrons. The van der Waals surface area contributed by atoms with Crippen molar-refractivity contribution in [1.82, 2.24) is 5.48 Å². The van der Waals surface area contributed by atoms with Gasteiger partial charge in [-0.25, -0.2) is 0 Å². The van der Waals surface area contributed by atoms with E-state index in [9.17, 15) is 0 Å². The summed E-state index contributed by atoms with van der Waals surface area (Å²) in [7, 11) is 0. The van der Waals surface area contributed by atoms with Crippen LogP contribution in [0.15, 0.2) is 94.7 Å². The van der Waals surface area contributed by atoms with E-state index < -0.39 is 0 Å². The Morgan fingerprint density at radius 3 is 2.12 bits per heavy atom. The number of nitrogens with one attached hydrogen (secondary N) is 1. The van der Waals surface area contributed by atoms with Crippen molar-refractivity contribution in [2.45, 2.75) is 15.9 Å². The maximum atomic E-state index is 5.86. The largest absolute Gasteiger partial charge is 0.337 e. The van der Waals surface area contributed by atoms with Crippen LogP contribution in [0.3, 0.4) is 0 Å². The summed E-state index contributed by atoms with van der Waals surface area (Å²) >= 11 is 1.83. The van der Waals surface area contributed by atoms with Crippen molar-refractivity contribution in [3.8, 4) is 0 Å². The molecule has 26 heavy (non-hydrogen) atoms. The molecule has 0 saturated carbocycles. The molecule has 1 atom stereocenters. The Morgan fingerprint density at radius 1 is 0.808 bits per heavy atom. The summed E-state index contributed by atoms with van der Waals surface area (Å²) in [5, 5.41) is 0. The molecule has 3 aromatic rings. The number of benzene rings is 3. The minimum Gasteiger partial charge on any atom is -0.337 e. The minimum absolute atomic E-state index is 0.0191. The van der Waals surface area contributed by atoms with Crippen molar-refractivity contribution < 1.29 is 4.84 Å². The van der Waals surface area contributed by atoms with Crippen molar-refractivity contribution in [3.05, 3.63) is 90.5 Å². The fourth-order valence-corrected chi connectivity index (χ4v) is 4.51. The van der Waals surface area contributed by atoms with Gasteiger partial charge in [-0.15, -0.1) is 0 Å². The maximum absolute atomic E-state index is 5.86. The molecule has 1 N–H and O–H groups in total. The molecule has 3 aromatic carbocycles. The SMILES string of the molecule is C1=C(c2ccccc2)NO[C@H]1CN1c2ccccc2Sc2ccccc21. The number of hydrogen-bond acceptors (Lipinski definition) is 4. The third kappa shape index (κ3) is 2.77. The third-order valence-electron chi connectivity index (χ3n) is 4.65. The first-order valence-electron chi connectivity index (χ1n) is 8.71. The van der Waals surface area contributed by atoms with Gasteiger partial charge in [-0.1, -0.05) is 66.4 Å². The van der Waals surface area contributed by atoms with Gasteiger partial charge in [0.05, 0.1) is 23.6 Å². The molecule has 0 fully saturated rings. The zero-order chi connectivity index (χ0) is 17.3. The topological polar surface area (TPSA) is 24.5 Å². The summed E-state index contributed by atoms with van der Waals surface area (Å²) in [4.78, 5) is 10.8. The molecule has 128 valence electrons. The van der Waals surface area contributed by atoms with Crippen LogP contribution in [-0.4, -0.2) is 12.6 Å². The molecule has 0 unspecified atom stereocenters. The van der Waals surface area contributed by atoms with Gasteiger partial charge in [-0.05, 0) is 35.9 Å². The summed E-state index contributed by atoms with van der Waals surface area (Å²) in [6.45, 7) is 0.762. The molecule has 2 aliphatic heterocycles. The van der Waals surface area contributed by atoms with E-state index in [4.69, 9.17) is 4.84 Å². The average Bonchev–Trinajstić information content (AvgIpc) is 3.17. The molecule has 2 heterocycles. The molecule has 0 amide bonds. The standard InChI is InChI=1S/C22H18N2OS/c1-2-8-16(9-3-1)18-14-17(25-23-18)15-24-19-10-4-6-12-21(19)26-22-13-7-5-11-20(22)24/h1-14,17,23H,15H2/t17-/m1/s1. The highest BCUT2D eigenvalue weighted by molar-refractivity contribution is 7.99. The molecule has 3 nitrogen and oxygen atoms in total. The first kappa shape index (κ1) is 15.6. The Hall–Kier alpha value is -2.69. The quantitative estimate of drug-likeness (QED) is 0.692. The van der Waals surface area contributed by atoms with E-state index in [0.29, 0.717) is 0 Å². The second-order valence-corrected chi connectivity index (χ2v) is 7.44. The van der Waals surface area contributed by atoms with Gasteiger partial charge in [0.1, 0.15) is 6.10 Å². The summed E-state index contributed by atoms with van der Waals surface area (Å²) in [6.07, 6.45) is 2.15. The van der Waals surface area contributed by atoms with E-state index in [-0.39, 0.29) is 6.10 Å². The summed E-state index contributed by atoms with van der Waals surface area (Å²) in [6, 6.07) is 27.4. The molecule has 0 bridgehead atoms. The third-order valence-corrected chi connectivity index (χ3v) is 5.78. The van der Waals surface area contributed by atoms with E-state index in [0.717, 1.165) is 17.8 Å². The highest BCUT2D eigenvalue weighted by atomic mass is 32.2. The predicted molar refractivity (Wildman–Crippen MR) is 106 cm³/mol. The number of nitrogens with zero attached hydrogens (tertiary/aromatic N) is 1. The molecule has 4 heteroatoms. The highest BCUT2D eigenvalue weighted by Gasteiger charge is 2.27. The van der Waals surface area contributed by atoms with Crippen LogP contribution in [0.5, 0.6) is 0 Å². The van der Waals surface area contributed by atoms with Crippen LogP contribution in [-0.2, 0) is 4.84 Å². The molecular formula is C22H18N2OS. The molecule has 0 saturated heterocycles. The zero-order valence-electron chi connectivity index (χ0n) is 14.1.